The standard InChI is InChI=1S/C42H50N4O4/c1-3-50-39(47)32-45-26-28-46(29-27-45)41(49)42(38-16-8-5-9-17-38)21-24-44(25-22-42)23-20-37(31-43(2)40(48)34-13-6-4-7-14-34)36-19-18-33-12-10-11-15-35(33)30-36/h4-19,30,37H,3,20-29,31-32H2,1-2H3. The predicted molar refractivity (Wildman–Crippen MR) is 198 cm³/mol. The molecule has 1 unspecified atom stereocenters. The highest BCUT2D eigenvalue weighted by molar-refractivity contribution is 5.94. The minimum absolute atomic E-state index is 0.0299. The Morgan fingerprint density at radius 1 is 0.760 bits per heavy atom. The van der Waals surface area contributed by atoms with Gasteiger partial charge in [0, 0.05) is 51.3 Å². The van der Waals surface area contributed by atoms with Gasteiger partial charge in [-0.3, -0.25) is 19.3 Å². The predicted octanol–water partition coefficient (Wildman–Crippen LogP) is 5.83. The number of carbonyl (C=O) groups is 3. The molecule has 0 radical (unpaired) electrons. The van der Waals surface area contributed by atoms with E-state index >= 15 is 0 Å². The Hall–Kier alpha value is -4.53. The lowest BCUT2D eigenvalue weighted by atomic mass is 9.71. The van der Waals surface area contributed by atoms with E-state index in [0.29, 0.717) is 44.9 Å². The molecule has 8 nitrogen and oxygen atoms in total. The molecule has 2 fully saturated rings. The van der Waals surface area contributed by atoms with Crippen molar-refractivity contribution in [3.05, 3.63) is 120 Å². The Kier molecular flexibility index (Phi) is 11.6. The van der Waals surface area contributed by atoms with Crippen molar-refractivity contribution in [1.29, 1.82) is 0 Å². The van der Waals surface area contributed by atoms with Gasteiger partial charge in [0.1, 0.15) is 0 Å². The second-order valence-corrected chi connectivity index (χ2v) is 13.8. The van der Waals surface area contributed by atoms with Gasteiger partial charge in [-0.25, -0.2) is 0 Å². The van der Waals surface area contributed by atoms with Crippen LogP contribution in [-0.4, -0.2) is 110 Å². The third kappa shape index (κ3) is 8.25. The Morgan fingerprint density at radius 3 is 2.08 bits per heavy atom. The lowest BCUT2D eigenvalue weighted by Crippen LogP contribution is -2.57. The minimum Gasteiger partial charge on any atom is -0.465 e. The van der Waals surface area contributed by atoms with E-state index in [-0.39, 0.29) is 30.2 Å². The first-order valence-corrected chi connectivity index (χ1v) is 18.1. The largest absolute Gasteiger partial charge is 0.465 e. The van der Waals surface area contributed by atoms with Gasteiger partial charge in [-0.2, -0.15) is 0 Å². The number of piperidine rings is 1. The second-order valence-electron chi connectivity index (χ2n) is 13.8. The number of nitrogens with zero attached hydrogens (tertiary/aromatic N) is 4. The molecule has 8 heteroatoms. The van der Waals surface area contributed by atoms with E-state index in [0.717, 1.165) is 44.5 Å². The first kappa shape index (κ1) is 35.3. The lowest BCUT2D eigenvalue weighted by Gasteiger charge is -2.45. The Balaban J connectivity index is 1.14. The number of esters is 1. The smallest absolute Gasteiger partial charge is 0.320 e. The van der Waals surface area contributed by atoms with Crippen molar-refractivity contribution < 1.29 is 19.1 Å². The van der Waals surface area contributed by atoms with Crippen LogP contribution in [0.5, 0.6) is 0 Å². The van der Waals surface area contributed by atoms with Gasteiger partial charge < -0.3 is 19.4 Å². The number of likely N-dealkylation sites (N-methyl/N-ethyl adjacent to an activating group) is 1. The van der Waals surface area contributed by atoms with E-state index in [1.165, 1.54) is 16.3 Å². The van der Waals surface area contributed by atoms with Crippen LogP contribution in [0, 0.1) is 0 Å². The fraction of sp³-hybridized carbons (Fsp3) is 0.405. The molecule has 4 aromatic carbocycles. The number of benzene rings is 4. The van der Waals surface area contributed by atoms with Crippen LogP contribution in [0.15, 0.2) is 103 Å². The summed E-state index contributed by atoms with van der Waals surface area (Å²) in [4.78, 5) is 48.3. The molecule has 2 heterocycles. The molecule has 0 N–H and O–H groups in total. The normalized spacial score (nSPS) is 17.3. The number of hydrogen-bond donors (Lipinski definition) is 0. The zero-order valence-corrected chi connectivity index (χ0v) is 29.5. The molecule has 0 aromatic heterocycles. The molecule has 0 saturated carbocycles. The van der Waals surface area contributed by atoms with Gasteiger partial charge in [-0.1, -0.05) is 91.0 Å². The van der Waals surface area contributed by atoms with Crippen LogP contribution >= 0.6 is 0 Å². The Labute approximate surface area is 296 Å². The average molecular weight is 675 g/mol. The number of piperazine rings is 1. The zero-order chi connectivity index (χ0) is 34.9. The van der Waals surface area contributed by atoms with Crippen molar-refractivity contribution in [2.24, 2.45) is 0 Å². The van der Waals surface area contributed by atoms with Crippen molar-refractivity contribution in [2.45, 2.75) is 37.5 Å². The number of likely N-dealkylation sites (tertiary alicyclic amines) is 1. The van der Waals surface area contributed by atoms with E-state index < -0.39 is 5.41 Å². The molecule has 2 aliphatic rings. The number of fused-ring (bicyclic) bond motifs is 1. The van der Waals surface area contributed by atoms with Crippen LogP contribution in [0.1, 0.15) is 53.6 Å². The molecule has 1 atom stereocenters. The van der Waals surface area contributed by atoms with Crippen LogP contribution in [0.3, 0.4) is 0 Å². The molecule has 50 heavy (non-hydrogen) atoms. The van der Waals surface area contributed by atoms with Crippen molar-refractivity contribution in [3.8, 4) is 0 Å². The van der Waals surface area contributed by atoms with Crippen LogP contribution < -0.4 is 0 Å². The molecule has 0 aliphatic carbocycles. The van der Waals surface area contributed by atoms with Crippen molar-refractivity contribution in [1.82, 2.24) is 19.6 Å². The lowest BCUT2D eigenvalue weighted by molar-refractivity contribution is -0.146. The third-order valence-electron chi connectivity index (χ3n) is 10.7. The summed E-state index contributed by atoms with van der Waals surface area (Å²) in [6.07, 6.45) is 2.41. The van der Waals surface area contributed by atoms with Gasteiger partial charge in [0.25, 0.3) is 5.91 Å². The van der Waals surface area contributed by atoms with Crippen LogP contribution in [0.4, 0.5) is 0 Å². The number of ether oxygens (including phenoxy) is 1. The molecule has 0 bridgehead atoms. The maximum Gasteiger partial charge on any atom is 0.320 e. The van der Waals surface area contributed by atoms with Gasteiger partial charge >= 0.3 is 5.97 Å². The first-order chi connectivity index (χ1) is 24.4. The minimum atomic E-state index is -0.568. The highest BCUT2D eigenvalue weighted by Crippen LogP contribution is 2.38. The van der Waals surface area contributed by atoms with Crippen molar-refractivity contribution in [2.75, 3.05) is 72.6 Å². The summed E-state index contributed by atoms with van der Waals surface area (Å²) in [7, 11) is 1.90. The summed E-state index contributed by atoms with van der Waals surface area (Å²) in [5.41, 5.74) is 2.46. The fourth-order valence-electron chi connectivity index (χ4n) is 7.72. The number of carbonyl (C=O) groups excluding carboxylic acids is 3. The monoisotopic (exact) mass is 674 g/mol. The van der Waals surface area contributed by atoms with Crippen LogP contribution in [0.25, 0.3) is 10.8 Å². The summed E-state index contributed by atoms with van der Waals surface area (Å²) in [5.74, 6) is 0.180. The second kappa shape index (κ2) is 16.5. The zero-order valence-electron chi connectivity index (χ0n) is 29.5. The van der Waals surface area contributed by atoms with E-state index in [1.807, 2.05) is 72.3 Å². The summed E-state index contributed by atoms with van der Waals surface area (Å²) in [6.45, 7) is 8.18. The van der Waals surface area contributed by atoms with E-state index in [2.05, 4.69) is 64.4 Å². The fourth-order valence-corrected chi connectivity index (χ4v) is 7.72. The molecule has 2 amide bonds. The highest BCUT2D eigenvalue weighted by atomic mass is 16.5. The van der Waals surface area contributed by atoms with Crippen molar-refractivity contribution in [3.63, 3.8) is 0 Å². The van der Waals surface area contributed by atoms with Crippen molar-refractivity contribution >= 4 is 28.6 Å². The Morgan fingerprint density at radius 2 is 1.40 bits per heavy atom. The van der Waals surface area contributed by atoms with Crippen LogP contribution in [-0.2, 0) is 19.7 Å². The molecule has 0 spiro atoms. The first-order valence-electron chi connectivity index (χ1n) is 18.1. The summed E-state index contributed by atoms with van der Waals surface area (Å²) in [5, 5.41) is 2.42. The average Bonchev–Trinajstić information content (AvgIpc) is 3.17. The van der Waals surface area contributed by atoms with Gasteiger partial charge in [-0.15, -0.1) is 0 Å². The van der Waals surface area contributed by atoms with E-state index in [4.69, 9.17) is 4.74 Å². The van der Waals surface area contributed by atoms with Gasteiger partial charge in [-0.05, 0) is 79.9 Å². The maximum atomic E-state index is 14.4. The Bertz CT molecular complexity index is 1730. The molecular formula is C42H50N4O4. The van der Waals surface area contributed by atoms with E-state index in [9.17, 15) is 14.4 Å². The number of rotatable bonds is 12. The summed E-state index contributed by atoms with van der Waals surface area (Å²) < 4.78 is 5.14. The van der Waals surface area contributed by atoms with Crippen LogP contribution in [0.2, 0.25) is 0 Å². The molecular weight excluding hydrogens is 624 g/mol. The molecule has 6 rings (SSSR count). The molecule has 4 aromatic rings. The number of amides is 2. The maximum absolute atomic E-state index is 14.4. The van der Waals surface area contributed by atoms with Gasteiger partial charge in [0.2, 0.25) is 5.91 Å². The quantitative estimate of drug-likeness (QED) is 0.176. The number of hydrogen-bond acceptors (Lipinski definition) is 6. The summed E-state index contributed by atoms with van der Waals surface area (Å²) >= 11 is 0. The van der Waals surface area contributed by atoms with E-state index in [1.54, 1.807) is 0 Å². The third-order valence-corrected chi connectivity index (χ3v) is 10.7. The topological polar surface area (TPSA) is 73.4 Å². The SMILES string of the molecule is CCOC(=O)CN1CCN(C(=O)C2(c3ccccc3)CCN(CCC(CN(C)C(=O)c3ccccc3)c3ccc4ccccc4c3)CC2)CC1. The van der Waals surface area contributed by atoms with Gasteiger partial charge in [0.05, 0.1) is 18.6 Å². The molecule has 2 saturated heterocycles. The molecule has 262 valence electrons. The van der Waals surface area contributed by atoms with Gasteiger partial charge in [0.15, 0.2) is 0 Å². The molecule has 2 aliphatic heterocycles. The summed E-state index contributed by atoms with van der Waals surface area (Å²) in [6, 6.07) is 34.9. The highest BCUT2D eigenvalue weighted by Gasteiger charge is 2.45.